The van der Waals surface area contributed by atoms with Gasteiger partial charge in [-0.3, -0.25) is 9.59 Å². The van der Waals surface area contributed by atoms with Crippen LogP contribution in [0, 0.1) is 5.92 Å². The van der Waals surface area contributed by atoms with Gasteiger partial charge in [-0.25, -0.2) is 0 Å². The predicted octanol–water partition coefficient (Wildman–Crippen LogP) is 0.547. The van der Waals surface area contributed by atoms with Crippen molar-refractivity contribution in [1.29, 1.82) is 0 Å². The van der Waals surface area contributed by atoms with Crippen LogP contribution in [0.3, 0.4) is 0 Å². The molecule has 136 valence electrons. The quantitative estimate of drug-likeness (QED) is 0.689. The number of hydrogen-bond acceptors (Lipinski definition) is 6. The molecule has 1 atom stereocenters. The van der Waals surface area contributed by atoms with Gasteiger partial charge < -0.3 is 29.2 Å². The Kier molecular flexibility index (Phi) is 5.72. The maximum atomic E-state index is 12.3. The summed E-state index contributed by atoms with van der Waals surface area (Å²) in [5, 5.41) is 2.81. The molecule has 0 radical (unpaired) electrons. The molecule has 0 saturated carbocycles. The zero-order valence-electron chi connectivity index (χ0n) is 14.2. The Morgan fingerprint density at radius 1 is 1.28 bits per heavy atom. The van der Waals surface area contributed by atoms with E-state index >= 15 is 0 Å². The second-order valence-electron chi connectivity index (χ2n) is 5.84. The normalized spacial score (nSPS) is 18.7. The summed E-state index contributed by atoms with van der Waals surface area (Å²) in [6, 6.07) is 5.34. The monoisotopic (exact) mass is 350 g/mol. The summed E-state index contributed by atoms with van der Waals surface area (Å²) in [4.78, 5) is 26.1. The number of rotatable bonds is 8. The maximum absolute atomic E-state index is 12.3. The first kappa shape index (κ1) is 17.5. The first-order chi connectivity index (χ1) is 12.2. The van der Waals surface area contributed by atoms with Crippen molar-refractivity contribution in [3.63, 3.8) is 0 Å². The van der Waals surface area contributed by atoms with Gasteiger partial charge in [-0.1, -0.05) is 0 Å². The maximum Gasteiger partial charge on any atom is 0.231 e. The number of hydrogen-bond donors (Lipinski definition) is 1. The van der Waals surface area contributed by atoms with Gasteiger partial charge >= 0.3 is 0 Å². The van der Waals surface area contributed by atoms with Gasteiger partial charge in [-0.05, 0) is 12.1 Å². The van der Waals surface area contributed by atoms with Crippen LogP contribution in [-0.4, -0.2) is 58.6 Å². The van der Waals surface area contributed by atoms with E-state index in [1.807, 2.05) is 0 Å². The lowest BCUT2D eigenvalue weighted by Gasteiger charge is -2.17. The molecule has 1 N–H and O–H groups in total. The predicted molar refractivity (Wildman–Crippen MR) is 88.7 cm³/mol. The van der Waals surface area contributed by atoms with Crippen LogP contribution in [0.1, 0.15) is 6.42 Å². The zero-order chi connectivity index (χ0) is 17.6. The molecule has 0 aliphatic carbocycles. The van der Waals surface area contributed by atoms with Crippen molar-refractivity contribution in [2.75, 3.05) is 51.7 Å². The zero-order valence-corrected chi connectivity index (χ0v) is 14.2. The summed E-state index contributed by atoms with van der Waals surface area (Å²) in [7, 11) is 1.61. The summed E-state index contributed by atoms with van der Waals surface area (Å²) in [5.41, 5.74) is 0.715. The topological polar surface area (TPSA) is 86.3 Å². The highest BCUT2D eigenvalue weighted by Crippen LogP contribution is 2.37. The van der Waals surface area contributed by atoms with Crippen molar-refractivity contribution in [2.24, 2.45) is 5.92 Å². The third-order valence-electron chi connectivity index (χ3n) is 4.14. The molecule has 8 nitrogen and oxygen atoms in total. The van der Waals surface area contributed by atoms with E-state index in [0.717, 1.165) is 0 Å². The Morgan fingerprint density at radius 2 is 2.12 bits per heavy atom. The molecular formula is C17H22N2O6. The lowest BCUT2D eigenvalue weighted by atomic mass is 10.1. The Morgan fingerprint density at radius 3 is 2.96 bits per heavy atom. The average molecular weight is 350 g/mol. The van der Waals surface area contributed by atoms with Gasteiger partial charge in [0.05, 0.1) is 25.7 Å². The molecule has 0 aromatic heterocycles. The van der Waals surface area contributed by atoms with Gasteiger partial charge in [0.1, 0.15) is 0 Å². The van der Waals surface area contributed by atoms with Gasteiger partial charge in [0, 0.05) is 38.4 Å². The second-order valence-corrected chi connectivity index (χ2v) is 5.84. The smallest absolute Gasteiger partial charge is 0.231 e. The van der Waals surface area contributed by atoms with Crippen molar-refractivity contribution in [1.82, 2.24) is 5.32 Å². The van der Waals surface area contributed by atoms with Gasteiger partial charge in [0.25, 0.3) is 0 Å². The summed E-state index contributed by atoms with van der Waals surface area (Å²) in [6.45, 7) is 2.39. The summed E-state index contributed by atoms with van der Waals surface area (Å²) < 4.78 is 20.8. The molecule has 2 amide bonds. The molecule has 0 spiro atoms. The van der Waals surface area contributed by atoms with Crippen LogP contribution in [-0.2, 0) is 19.1 Å². The summed E-state index contributed by atoms with van der Waals surface area (Å²) in [6.07, 6.45) is 0.199. The van der Waals surface area contributed by atoms with Crippen molar-refractivity contribution < 1.29 is 28.5 Å². The van der Waals surface area contributed by atoms with E-state index in [-0.39, 0.29) is 30.9 Å². The van der Waals surface area contributed by atoms with Gasteiger partial charge in [-0.2, -0.15) is 0 Å². The fraction of sp³-hybridized carbons (Fsp3) is 0.529. The Bertz CT molecular complexity index is 636. The Labute approximate surface area is 146 Å². The van der Waals surface area contributed by atoms with Crippen LogP contribution in [0.25, 0.3) is 0 Å². The molecule has 1 aromatic rings. The van der Waals surface area contributed by atoms with Crippen LogP contribution in [0.2, 0.25) is 0 Å². The first-order valence-corrected chi connectivity index (χ1v) is 8.23. The molecule has 8 heteroatoms. The fourth-order valence-corrected chi connectivity index (χ4v) is 2.82. The van der Waals surface area contributed by atoms with E-state index in [2.05, 4.69) is 5.32 Å². The van der Waals surface area contributed by atoms with Crippen LogP contribution in [0.15, 0.2) is 18.2 Å². The standard InChI is InChI=1S/C17H22N2O6/c1-22-6-7-23-5-4-18-17(21)12-8-16(20)19(10-12)13-2-3-14-15(9-13)25-11-24-14/h2-3,9,12H,4-8,10-11H2,1H3,(H,18,21). The van der Waals surface area contributed by atoms with E-state index < -0.39 is 0 Å². The molecular weight excluding hydrogens is 328 g/mol. The number of carbonyl (C=O) groups is 2. The van der Waals surface area contributed by atoms with E-state index in [0.29, 0.717) is 50.1 Å². The summed E-state index contributed by atoms with van der Waals surface area (Å²) in [5.74, 6) is 0.712. The van der Waals surface area contributed by atoms with E-state index in [1.165, 1.54) is 0 Å². The molecule has 1 aromatic carbocycles. The Hall–Kier alpha value is -2.32. The number of ether oxygens (including phenoxy) is 4. The van der Waals surface area contributed by atoms with E-state index in [9.17, 15) is 9.59 Å². The van der Waals surface area contributed by atoms with Crippen LogP contribution in [0.5, 0.6) is 11.5 Å². The molecule has 1 unspecified atom stereocenters. The van der Waals surface area contributed by atoms with Crippen LogP contribution >= 0.6 is 0 Å². The molecule has 0 bridgehead atoms. The second kappa shape index (κ2) is 8.17. The number of anilines is 1. The number of nitrogens with zero attached hydrogens (tertiary/aromatic N) is 1. The summed E-state index contributed by atoms with van der Waals surface area (Å²) >= 11 is 0. The van der Waals surface area contributed by atoms with Gasteiger partial charge in [-0.15, -0.1) is 0 Å². The average Bonchev–Trinajstić information content (AvgIpc) is 3.23. The van der Waals surface area contributed by atoms with Crippen molar-refractivity contribution in [3.05, 3.63) is 18.2 Å². The van der Waals surface area contributed by atoms with E-state index in [1.54, 1.807) is 30.2 Å². The van der Waals surface area contributed by atoms with Crippen LogP contribution in [0.4, 0.5) is 5.69 Å². The van der Waals surface area contributed by atoms with Crippen molar-refractivity contribution >= 4 is 17.5 Å². The number of carbonyl (C=O) groups excluding carboxylic acids is 2. The highest BCUT2D eigenvalue weighted by Gasteiger charge is 2.35. The third-order valence-corrected chi connectivity index (χ3v) is 4.14. The van der Waals surface area contributed by atoms with Gasteiger partial charge in [0.15, 0.2) is 11.5 Å². The van der Waals surface area contributed by atoms with Crippen molar-refractivity contribution in [2.45, 2.75) is 6.42 Å². The number of benzene rings is 1. The minimum Gasteiger partial charge on any atom is -0.454 e. The molecule has 3 rings (SSSR count). The lowest BCUT2D eigenvalue weighted by molar-refractivity contribution is -0.126. The van der Waals surface area contributed by atoms with Crippen LogP contribution < -0.4 is 19.7 Å². The molecule has 1 saturated heterocycles. The molecule has 1 fully saturated rings. The molecule has 2 heterocycles. The van der Waals surface area contributed by atoms with Gasteiger partial charge in [0.2, 0.25) is 18.6 Å². The SMILES string of the molecule is COCCOCCNC(=O)C1CC(=O)N(c2ccc3c(c2)OCO3)C1. The highest BCUT2D eigenvalue weighted by molar-refractivity contribution is 6.00. The number of fused-ring (bicyclic) bond motifs is 1. The minimum atomic E-state index is -0.364. The Balaban J connectivity index is 1.49. The van der Waals surface area contributed by atoms with Crippen molar-refractivity contribution in [3.8, 4) is 11.5 Å². The fourth-order valence-electron chi connectivity index (χ4n) is 2.82. The molecule has 2 aliphatic heterocycles. The van der Waals surface area contributed by atoms with E-state index in [4.69, 9.17) is 18.9 Å². The third kappa shape index (κ3) is 4.21. The lowest BCUT2D eigenvalue weighted by Crippen LogP contribution is -2.35. The number of methoxy groups -OCH3 is 1. The molecule has 2 aliphatic rings. The number of nitrogens with one attached hydrogen (secondary N) is 1. The highest BCUT2D eigenvalue weighted by atomic mass is 16.7. The largest absolute Gasteiger partial charge is 0.454 e. The first-order valence-electron chi connectivity index (χ1n) is 8.23. The number of amides is 2. The minimum absolute atomic E-state index is 0.0737. The molecule has 25 heavy (non-hydrogen) atoms.